The minimum absolute atomic E-state index is 0.108. The lowest BCUT2D eigenvalue weighted by molar-refractivity contribution is -0.705. The van der Waals surface area contributed by atoms with Crippen molar-refractivity contribution >= 4 is 40.6 Å². The van der Waals surface area contributed by atoms with Gasteiger partial charge in [0.25, 0.3) is 0 Å². The van der Waals surface area contributed by atoms with Crippen molar-refractivity contribution in [1.29, 1.82) is 0 Å². The second-order valence-electron chi connectivity index (χ2n) is 8.68. The molecule has 1 aromatic heterocycles. The third kappa shape index (κ3) is 6.77. The molecular formula is C29H28Cl3N2O2+. The van der Waals surface area contributed by atoms with Crippen molar-refractivity contribution in [1.82, 2.24) is 4.57 Å². The van der Waals surface area contributed by atoms with Crippen molar-refractivity contribution < 1.29 is 14.1 Å². The number of halogens is 3. The van der Waals surface area contributed by atoms with Crippen molar-refractivity contribution in [2.24, 2.45) is 0 Å². The lowest BCUT2D eigenvalue weighted by Gasteiger charge is -2.18. The topological polar surface area (TPSA) is 35.1 Å². The highest BCUT2D eigenvalue weighted by atomic mass is 35.5. The zero-order valence-electron chi connectivity index (χ0n) is 20.0. The summed E-state index contributed by atoms with van der Waals surface area (Å²) in [5.74, 6) is 0.108. The van der Waals surface area contributed by atoms with Crippen molar-refractivity contribution in [2.75, 3.05) is 0 Å². The van der Waals surface area contributed by atoms with Crippen LogP contribution >= 0.6 is 34.8 Å². The molecule has 0 radical (unpaired) electrons. The summed E-state index contributed by atoms with van der Waals surface area (Å²) in [7, 11) is 0. The maximum absolute atomic E-state index is 13.3. The fourth-order valence-corrected chi connectivity index (χ4v) is 4.82. The van der Waals surface area contributed by atoms with Crippen molar-refractivity contribution in [2.45, 2.75) is 45.1 Å². The van der Waals surface area contributed by atoms with Gasteiger partial charge in [0, 0.05) is 26.2 Å². The quantitative estimate of drug-likeness (QED) is 0.142. The van der Waals surface area contributed by atoms with Crippen LogP contribution in [0.3, 0.4) is 0 Å². The molecule has 0 bridgehead atoms. The summed E-state index contributed by atoms with van der Waals surface area (Å²) < 4.78 is 10.4. The van der Waals surface area contributed by atoms with Gasteiger partial charge in [-0.15, -0.1) is 0 Å². The zero-order chi connectivity index (χ0) is 25.5. The van der Waals surface area contributed by atoms with Gasteiger partial charge in [-0.3, -0.25) is 4.79 Å². The Labute approximate surface area is 227 Å². The summed E-state index contributed by atoms with van der Waals surface area (Å²) in [6.45, 7) is 3.00. The molecule has 2 atom stereocenters. The van der Waals surface area contributed by atoms with E-state index in [1.54, 1.807) is 6.07 Å². The van der Waals surface area contributed by atoms with E-state index >= 15 is 0 Å². The van der Waals surface area contributed by atoms with Gasteiger partial charge in [0.15, 0.2) is 6.04 Å². The summed E-state index contributed by atoms with van der Waals surface area (Å²) in [5, 5.41) is 1.80. The van der Waals surface area contributed by atoms with Gasteiger partial charge < -0.3 is 4.74 Å². The molecule has 3 aromatic carbocycles. The van der Waals surface area contributed by atoms with E-state index in [1.807, 2.05) is 94.6 Å². The first-order valence-electron chi connectivity index (χ1n) is 11.9. The molecule has 4 nitrogen and oxygen atoms in total. The van der Waals surface area contributed by atoms with Crippen LogP contribution in [0.1, 0.15) is 53.4 Å². The fourth-order valence-electron chi connectivity index (χ4n) is 4.16. The normalized spacial score (nSPS) is 12.9. The van der Waals surface area contributed by atoms with Gasteiger partial charge in [0.2, 0.25) is 12.1 Å². The van der Waals surface area contributed by atoms with E-state index in [0.717, 1.165) is 24.0 Å². The summed E-state index contributed by atoms with van der Waals surface area (Å²) in [4.78, 5) is 13.3. The largest absolute Gasteiger partial charge is 0.365 e. The molecule has 1 heterocycles. The van der Waals surface area contributed by atoms with Crippen LogP contribution in [0.2, 0.25) is 15.1 Å². The molecular weight excluding hydrogens is 515 g/mol. The molecule has 4 aromatic rings. The Morgan fingerprint density at radius 2 is 1.69 bits per heavy atom. The van der Waals surface area contributed by atoms with Crippen LogP contribution in [0.4, 0.5) is 0 Å². The predicted molar refractivity (Wildman–Crippen MR) is 145 cm³/mol. The number of nitrogens with zero attached hydrogens (tertiary/aromatic N) is 2. The summed E-state index contributed by atoms with van der Waals surface area (Å²) in [5.41, 5.74) is 2.57. The maximum atomic E-state index is 13.3. The molecule has 7 heteroatoms. The smallest absolute Gasteiger partial charge is 0.244 e. The standard InChI is InChI=1S/C29H28Cl3N2O2/c1-2-6-27(29(35)22-7-4-3-5-8-22)34-16-15-33(20-34)18-28(25-14-13-24(31)17-26(25)32)36-19-21-9-11-23(30)12-10-21/h3-5,7-17,20,27-28H,2,6,18-19H2,1H3/q+1. The molecule has 0 saturated heterocycles. The van der Waals surface area contributed by atoms with Gasteiger partial charge >= 0.3 is 0 Å². The third-order valence-electron chi connectivity index (χ3n) is 6.05. The first kappa shape index (κ1) is 26.4. The summed E-state index contributed by atoms with van der Waals surface area (Å²) in [6, 6.07) is 22.2. The lowest BCUT2D eigenvalue weighted by Crippen LogP contribution is -2.36. The SMILES string of the molecule is CCCC(C(=O)c1ccccc1)n1cc[n+](CC(OCc2ccc(Cl)cc2)c2ccc(Cl)cc2Cl)c1. The van der Waals surface area contributed by atoms with Crippen LogP contribution in [0.15, 0.2) is 91.5 Å². The van der Waals surface area contributed by atoms with Crippen LogP contribution < -0.4 is 4.57 Å². The third-order valence-corrected chi connectivity index (χ3v) is 6.86. The molecule has 186 valence electrons. The van der Waals surface area contributed by atoms with Crippen LogP contribution in [-0.2, 0) is 17.9 Å². The Bertz CT molecular complexity index is 1290. The van der Waals surface area contributed by atoms with Crippen LogP contribution in [0.25, 0.3) is 0 Å². The summed E-state index contributed by atoms with van der Waals surface area (Å²) in [6.07, 6.45) is 7.19. The van der Waals surface area contributed by atoms with E-state index < -0.39 is 0 Å². The first-order valence-corrected chi connectivity index (χ1v) is 13.0. The molecule has 2 unspecified atom stereocenters. The van der Waals surface area contributed by atoms with Crippen LogP contribution in [-0.4, -0.2) is 10.4 Å². The Morgan fingerprint density at radius 3 is 2.39 bits per heavy atom. The summed E-state index contributed by atoms with van der Waals surface area (Å²) >= 11 is 18.7. The molecule has 0 N–H and O–H groups in total. The Kier molecular flexibility index (Phi) is 9.22. The average Bonchev–Trinajstić information content (AvgIpc) is 3.34. The molecule has 0 aliphatic heterocycles. The first-order chi connectivity index (χ1) is 17.4. The van der Waals surface area contributed by atoms with E-state index in [-0.39, 0.29) is 17.9 Å². The van der Waals surface area contributed by atoms with Crippen molar-refractivity contribution in [3.8, 4) is 0 Å². The number of hydrogen-bond acceptors (Lipinski definition) is 2. The van der Waals surface area contributed by atoms with Gasteiger partial charge in [0.05, 0.1) is 6.61 Å². The minimum atomic E-state index is -0.333. The van der Waals surface area contributed by atoms with Crippen LogP contribution in [0.5, 0.6) is 0 Å². The number of aromatic nitrogens is 2. The van der Waals surface area contributed by atoms with Crippen LogP contribution in [0, 0.1) is 0 Å². The Morgan fingerprint density at radius 1 is 0.972 bits per heavy atom. The molecule has 0 saturated carbocycles. The van der Waals surface area contributed by atoms with Gasteiger partial charge in [0.1, 0.15) is 25.0 Å². The van der Waals surface area contributed by atoms with Crippen molar-refractivity contribution in [3.63, 3.8) is 0 Å². The second-order valence-corrected chi connectivity index (χ2v) is 9.96. The molecule has 36 heavy (non-hydrogen) atoms. The number of Topliss-reactive ketones (excluding diaryl/α,β-unsaturated/α-hetero) is 1. The van der Waals surface area contributed by atoms with E-state index in [9.17, 15) is 4.79 Å². The number of ether oxygens (including phenoxy) is 1. The number of rotatable bonds is 11. The molecule has 0 fully saturated rings. The molecule has 0 aliphatic carbocycles. The molecule has 0 spiro atoms. The number of ketones is 1. The highest BCUT2D eigenvalue weighted by Crippen LogP contribution is 2.30. The van der Waals surface area contributed by atoms with Gasteiger partial charge in [-0.1, -0.05) is 96.7 Å². The van der Waals surface area contributed by atoms with Gasteiger partial charge in [-0.25, -0.2) is 9.13 Å². The van der Waals surface area contributed by atoms with E-state index in [2.05, 4.69) is 6.92 Å². The van der Waals surface area contributed by atoms with E-state index in [4.69, 9.17) is 39.5 Å². The highest BCUT2D eigenvalue weighted by Gasteiger charge is 2.27. The second kappa shape index (κ2) is 12.6. The molecule has 0 aliphatic rings. The number of hydrogen-bond donors (Lipinski definition) is 0. The number of carbonyl (C=O) groups excluding carboxylic acids is 1. The molecule has 0 amide bonds. The number of carbonyl (C=O) groups is 1. The lowest BCUT2D eigenvalue weighted by atomic mass is 10.0. The highest BCUT2D eigenvalue weighted by molar-refractivity contribution is 6.35. The average molecular weight is 543 g/mol. The van der Waals surface area contributed by atoms with E-state index in [1.165, 1.54) is 0 Å². The molecule has 4 rings (SSSR count). The Hall–Kier alpha value is -2.63. The van der Waals surface area contributed by atoms with Gasteiger partial charge in [-0.05, 0) is 36.2 Å². The fraction of sp³-hybridized carbons (Fsp3) is 0.241. The monoisotopic (exact) mass is 541 g/mol. The minimum Gasteiger partial charge on any atom is -0.365 e. The Balaban J connectivity index is 1.57. The number of imidazole rings is 1. The maximum Gasteiger partial charge on any atom is 0.244 e. The zero-order valence-corrected chi connectivity index (χ0v) is 22.3. The predicted octanol–water partition coefficient (Wildman–Crippen LogP) is 7.92. The van der Waals surface area contributed by atoms with Gasteiger partial charge in [-0.2, -0.15) is 0 Å². The van der Waals surface area contributed by atoms with Crippen molar-refractivity contribution in [3.05, 3.63) is 123 Å². The number of benzene rings is 3. The van der Waals surface area contributed by atoms with E-state index in [0.29, 0.717) is 33.8 Å².